The van der Waals surface area contributed by atoms with Crippen LogP contribution in [0.3, 0.4) is 0 Å². The Morgan fingerprint density at radius 3 is 2.35 bits per heavy atom. The molecule has 34 heavy (non-hydrogen) atoms. The van der Waals surface area contributed by atoms with Crippen molar-refractivity contribution in [1.29, 1.82) is 0 Å². The molecule has 0 aliphatic heterocycles. The molecule has 0 saturated heterocycles. The fourth-order valence-corrected chi connectivity index (χ4v) is 4.50. The number of aldehydes is 1. The second-order valence-electron chi connectivity index (χ2n) is 8.70. The second-order valence-corrected chi connectivity index (χ2v) is 8.70. The molecule has 0 N–H and O–H groups in total. The smallest absolute Gasteiger partial charge is 0.457 e. The zero-order chi connectivity index (χ0) is 24.1. The average Bonchev–Trinajstić information content (AvgIpc) is 2.78. The van der Waals surface area contributed by atoms with Gasteiger partial charge in [0, 0.05) is 0 Å². The van der Waals surface area contributed by atoms with Crippen molar-refractivity contribution >= 4 is 6.29 Å². The molecule has 1 saturated carbocycles. The third-order valence-corrected chi connectivity index (χ3v) is 6.42. The lowest BCUT2D eigenvalue weighted by atomic mass is 9.68. The molecule has 0 bridgehead atoms. The predicted molar refractivity (Wildman–Crippen MR) is 125 cm³/mol. The first-order valence-corrected chi connectivity index (χ1v) is 11.6. The van der Waals surface area contributed by atoms with E-state index in [4.69, 9.17) is 4.74 Å². The molecule has 3 nitrogen and oxygen atoms in total. The van der Waals surface area contributed by atoms with E-state index in [1.165, 1.54) is 61.9 Å². The van der Waals surface area contributed by atoms with Crippen molar-refractivity contribution < 1.29 is 27.4 Å². The number of carbonyl (C=O) groups is 1. The molecule has 3 aromatic carbocycles. The van der Waals surface area contributed by atoms with Gasteiger partial charge in [-0.2, -0.15) is 0 Å². The largest absolute Gasteiger partial charge is 0.573 e. The number of hydrogen-bond donors (Lipinski definition) is 0. The average molecular weight is 469 g/mol. The molecular weight excluding hydrogens is 441 g/mol. The highest BCUT2D eigenvalue weighted by atomic mass is 19.4. The van der Waals surface area contributed by atoms with E-state index in [-0.39, 0.29) is 5.75 Å². The summed E-state index contributed by atoms with van der Waals surface area (Å²) in [7, 11) is 0. The summed E-state index contributed by atoms with van der Waals surface area (Å²) in [6.45, 7) is 2.21. The molecule has 0 aromatic heterocycles. The molecule has 6 heteroatoms. The lowest BCUT2D eigenvalue weighted by Crippen LogP contribution is -2.23. The van der Waals surface area contributed by atoms with Crippen LogP contribution in [0.25, 0.3) is 11.1 Å². The van der Waals surface area contributed by atoms with Crippen LogP contribution in [-0.4, -0.2) is 12.6 Å². The summed E-state index contributed by atoms with van der Waals surface area (Å²) >= 11 is 0. The fourth-order valence-electron chi connectivity index (χ4n) is 4.50. The minimum Gasteiger partial charge on any atom is -0.457 e. The Labute approximate surface area is 197 Å². The van der Waals surface area contributed by atoms with Gasteiger partial charge in [0.2, 0.25) is 0 Å². The fraction of sp³-hybridized carbons (Fsp3) is 0.321. The SMILES string of the molecule is CCCCC1CCC1c1cccc(Oc2cc(-c3ccc(OC(F)(F)F)cc3)ccc2C=O)c1. The minimum absolute atomic E-state index is 0.290. The van der Waals surface area contributed by atoms with Gasteiger partial charge in [0.15, 0.2) is 6.29 Å². The molecule has 0 radical (unpaired) electrons. The first kappa shape index (κ1) is 23.9. The number of halogens is 3. The van der Waals surface area contributed by atoms with Gasteiger partial charge in [0.25, 0.3) is 0 Å². The first-order chi connectivity index (χ1) is 16.4. The quantitative estimate of drug-likeness (QED) is 0.295. The van der Waals surface area contributed by atoms with Crippen LogP contribution in [-0.2, 0) is 0 Å². The molecule has 2 atom stereocenters. The second kappa shape index (κ2) is 10.3. The van der Waals surface area contributed by atoms with Crippen molar-refractivity contribution in [3.63, 3.8) is 0 Å². The highest BCUT2D eigenvalue weighted by molar-refractivity contribution is 5.82. The summed E-state index contributed by atoms with van der Waals surface area (Å²) in [5, 5.41) is 0. The predicted octanol–water partition coefficient (Wildman–Crippen LogP) is 8.54. The monoisotopic (exact) mass is 468 g/mol. The topological polar surface area (TPSA) is 35.5 Å². The number of alkyl halides is 3. The molecule has 1 fully saturated rings. The summed E-state index contributed by atoms with van der Waals surface area (Å²) in [6, 6.07) is 18.7. The van der Waals surface area contributed by atoms with Crippen LogP contribution in [0.15, 0.2) is 66.7 Å². The maximum absolute atomic E-state index is 12.4. The summed E-state index contributed by atoms with van der Waals surface area (Å²) in [4.78, 5) is 11.6. The molecule has 0 amide bonds. The van der Waals surface area contributed by atoms with Crippen molar-refractivity contribution in [2.45, 2.75) is 51.3 Å². The van der Waals surface area contributed by atoms with Gasteiger partial charge in [-0.1, -0.05) is 50.1 Å². The molecule has 0 heterocycles. The molecule has 0 spiro atoms. The molecule has 1 aliphatic rings. The van der Waals surface area contributed by atoms with Crippen molar-refractivity contribution in [2.24, 2.45) is 5.92 Å². The van der Waals surface area contributed by atoms with Crippen molar-refractivity contribution in [1.82, 2.24) is 0 Å². The summed E-state index contributed by atoms with van der Waals surface area (Å²) in [6.07, 6.45) is 2.14. The Balaban J connectivity index is 1.54. The van der Waals surface area contributed by atoms with Crippen LogP contribution < -0.4 is 9.47 Å². The van der Waals surface area contributed by atoms with Crippen LogP contribution in [0, 0.1) is 5.92 Å². The Bertz CT molecular complexity index is 1120. The van der Waals surface area contributed by atoms with Gasteiger partial charge in [-0.05, 0) is 84.2 Å². The first-order valence-electron chi connectivity index (χ1n) is 11.6. The van der Waals surface area contributed by atoms with Gasteiger partial charge >= 0.3 is 6.36 Å². The van der Waals surface area contributed by atoms with E-state index in [1.54, 1.807) is 18.2 Å². The van der Waals surface area contributed by atoms with E-state index < -0.39 is 6.36 Å². The number of carbonyl (C=O) groups excluding carboxylic acids is 1. The molecule has 4 rings (SSSR count). The minimum atomic E-state index is -4.74. The van der Waals surface area contributed by atoms with Gasteiger partial charge < -0.3 is 9.47 Å². The third-order valence-electron chi connectivity index (χ3n) is 6.42. The van der Waals surface area contributed by atoms with Crippen molar-refractivity contribution in [2.75, 3.05) is 0 Å². The van der Waals surface area contributed by atoms with Gasteiger partial charge in [0.05, 0.1) is 5.56 Å². The van der Waals surface area contributed by atoms with Gasteiger partial charge in [0.1, 0.15) is 17.2 Å². The maximum Gasteiger partial charge on any atom is 0.573 e. The Kier molecular flexibility index (Phi) is 7.25. The van der Waals surface area contributed by atoms with E-state index in [0.29, 0.717) is 40.0 Å². The van der Waals surface area contributed by atoms with E-state index in [0.717, 1.165) is 6.29 Å². The van der Waals surface area contributed by atoms with Crippen LogP contribution >= 0.6 is 0 Å². The standard InChI is InChI=1S/C28H27F3O3/c1-2-3-5-20-12-15-26(20)22-6-4-7-25(16-22)33-27-17-21(8-9-23(27)18-32)19-10-13-24(14-11-19)34-28(29,30)31/h4,6-11,13-14,16-18,20,26H,2-3,5,12,15H2,1H3. The van der Waals surface area contributed by atoms with Crippen LogP contribution in [0.4, 0.5) is 13.2 Å². The Hall–Kier alpha value is -3.28. The normalized spacial score (nSPS) is 17.6. The van der Waals surface area contributed by atoms with E-state index >= 15 is 0 Å². The lowest BCUT2D eigenvalue weighted by Gasteiger charge is -2.37. The van der Waals surface area contributed by atoms with Crippen molar-refractivity contribution in [3.05, 3.63) is 77.9 Å². The van der Waals surface area contributed by atoms with Crippen molar-refractivity contribution in [3.8, 4) is 28.4 Å². The Morgan fingerprint density at radius 1 is 0.941 bits per heavy atom. The van der Waals surface area contributed by atoms with Gasteiger partial charge in [-0.3, -0.25) is 4.79 Å². The maximum atomic E-state index is 12.4. The molecule has 3 aromatic rings. The number of rotatable bonds is 9. The Morgan fingerprint density at radius 2 is 1.71 bits per heavy atom. The number of unbranched alkanes of at least 4 members (excludes halogenated alkanes) is 1. The van der Waals surface area contributed by atoms with E-state index in [9.17, 15) is 18.0 Å². The summed E-state index contributed by atoms with van der Waals surface area (Å²) < 4.78 is 47.3. The van der Waals surface area contributed by atoms with E-state index in [2.05, 4.69) is 17.7 Å². The number of ether oxygens (including phenoxy) is 2. The summed E-state index contributed by atoms with van der Waals surface area (Å²) in [5.41, 5.74) is 3.05. The molecular formula is C28H27F3O3. The van der Waals surface area contributed by atoms with Gasteiger partial charge in [-0.25, -0.2) is 0 Å². The third kappa shape index (κ3) is 5.79. The number of benzene rings is 3. The van der Waals surface area contributed by atoms with Crippen LogP contribution in [0.5, 0.6) is 17.2 Å². The zero-order valence-electron chi connectivity index (χ0n) is 19.0. The highest BCUT2D eigenvalue weighted by Crippen LogP contribution is 2.46. The summed E-state index contributed by atoms with van der Waals surface area (Å²) in [5.74, 6) is 2.03. The molecule has 1 aliphatic carbocycles. The molecule has 178 valence electrons. The lowest BCUT2D eigenvalue weighted by molar-refractivity contribution is -0.274. The van der Waals surface area contributed by atoms with Gasteiger partial charge in [-0.15, -0.1) is 13.2 Å². The van der Waals surface area contributed by atoms with Crippen LogP contribution in [0.1, 0.15) is 60.9 Å². The zero-order valence-corrected chi connectivity index (χ0v) is 19.0. The van der Waals surface area contributed by atoms with Crippen LogP contribution in [0.2, 0.25) is 0 Å². The van der Waals surface area contributed by atoms with E-state index in [1.807, 2.05) is 18.2 Å². The molecule has 2 unspecified atom stereocenters. The number of hydrogen-bond acceptors (Lipinski definition) is 3. The highest BCUT2D eigenvalue weighted by Gasteiger charge is 2.32.